The summed E-state index contributed by atoms with van der Waals surface area (Å²) in [5.41, 5.74) is -0.664. The standard InChI is InChI=1S/C42H55N3O13/c1-20-12-11-13-21(2)41(52)43-31-32(45-15-18-55-19-16-45)37(51)28-29(36(31)50)35(49)25(6)39-30(28)40(44-54-10)42(8,58-39)56-17-14-27(53-9)22(3)38(57-26(7)46)24(5)34(48)23(4)33(20)47/h11-14,17,20,22-24,27,33-34,38,47-49H,15-16,18-19H2,1-10H3,(H,43,52)/t20-,22+,23+,24+,27-,33-,34+,38+,42-/m0/s1. The third kappa shape index (κ3) is 8.28. The van der Waals surface area contributed by atoms with E-state index in [2.05, 4.69) is 10.5 Å². The Kier molecular flexibility index (Phi) is 13.6. The molecule has 16 heteroatoms. The Hall–Kier alpha value is -5.03. The van der Waals surface area contributed by atoms with Gasteiger partial charge in [0.2, 0.25) is 11.6 Å². The Balaban J connectivity index is 1.71. The average Bonchev–Trinajstić information content (AvgIpc) is 3.48. The Morgan fingerprint density at radius 2 is 1.62 bits per heavy atom. The highest BCUT2D eigenvalue weighted by Crippen LogP contribution is 2.49. The molecule has 16 nitrogen and oxygen atoms in total. The number of methoxy groups -OCH3 is 1. The summed E-state index contributed by atoms with van der Waals surface area (Å²) in [4.78, 5) is 62.5. The summed E-state index contributed by atoms with van der Waals surface area (Å²) in [6.45, 7) is 13.7. The molecule has 1 aromatic rings. The number of ether oxygens (including phenoxy) is 5. The molecular formula is C42H55N3O13. The molecule has 0 saturated carbocycles. The van der Waals surface area contributed by atoms with Crippen LogP contribution in [0.15, 0.2) is 52.7 Å². The number of morpholine rings is 1. The fraction of sp³-hybridized carbons (Fsp3) is 0.548. The SMILES string of the molecule is CON=C1c2c3c(C)c(O)c4c2C(=O)C(N2CCOCC2)=C(NC(=O)C(C)=CC=C[C@H](C)[C@H](O)[C@@H](C)[C@@H](O)[C@@H](C)[C@H](OC(C)=O)[C@H](C)[C@@H](OC)C=CO[C@@]1(C)O3)C4=O. The molecule has 0 radical (unpaired) electrons. The number of Topliss-reactive ketones (excluding diaryl/α,β-unsaturated/α-hetero) is 2. The molecule has 0 unspecified atom stereocenters. The molecule has 5 aliphatic rings. The van der Waals surface area contributed by atoms with Crippen LogP contribution in [0.1, 0.15) is 80.3 Å². The van der Waals surface area contributed by atoms with E-state index in [1.807, 2.05) is 0 Å². The van der Waals surface area contributed by atoms with Gasteiger partial charge in [-0.3, -0.25) is 19.2 Å². The van der Waals surface area contributed by atoms with Crippen molar-refractivity contribution in [2.75, 3.05) is 40.5 Å². The minimum Gasteiger partial charge on any atom is -0.507 e. The van der Waals surface area contributed by atoms with Crippen LogP contribution >= 0.6 is 0 Å². The van der Waals surface area contributed by atoms with E-state index in [1.54, 1.807) is 50.8 Å². The average molecular weight is 810 g/mol. The summed E-state index contributed by atoms with van der Waals surface area (Å²) >= 11 is 0. The molecule has 1 aromatic carbocycles. The van der Waals surface area contributed by atoms with Gasteiger partial charge in [0, 0.05) is 68.9 Å². The van der Waals surface area contributed by atoms with Crippen molar-refractivity contribution < 1.29 is 63.0 Å². The molecule has 1 saturated heterocycles. The second-order valence-corrected chi connectivity index (χ2v) is 15.4. The minimum absolute atomic E-state index is 0.0222. The molecule has 1 aliphatic carbocycles. The summed E-state index contributed by atoms with van der Waals surface area (Å²) in [6.07, 6.45) is 3.78. The maximum atomic E-state index is 14.9. The van der Waals surface area contributed by atoms with Crippen molar-refractivity contribution in [1.29, 1.82) is 0 Å². The van der Waals surface area contributed by atoms with Gasteiger partial charge in [0.05, 0.1) is 54.5 Å². The van der Waals surface area contributed by atoms with Crippen LogP contribution in [0.3, 0.4) is 0 Å². The van der Waals surface area contributed by atoms with Gasteiger partial charge in [-0.2, -0.15) is 0 Å². The van der Waals surface area contributed by atoms with Gasteiger partial charge >= 0.3 is 5.97 Å². The number of fused-ring (bicyclic) bond motifs is 14. The van der Waals surface area contributed by atoms with Crippen LogP contribution in [0.25, 0.3) is 0 Å². The van der Waals surface area contributed by atoms with Crippen molar-refractivity contribution in [2.24, 2.45) is 28.8 Å². The van der Waals surface area contributed by atoms with E-state index in [-0.39, 0.29) is 77.0 Å². The van der Waals surface area contributed by atoms with Gasteiger partial charge in [0.1, 0.15) is 36.1 Å². The molecule has 4 N–H and O–H groups in total. The van der Waals surface area contributed by atoms with Gasteiger partial charge in [-0.1, -0.05) is 51.1 Å². The fourth-order valence-electron chi connectivity index (χ4n) is 8.00. The number of aliphatic hydroxyl groups is 2. The monoisotopic (exact) mass is 809 g/mol. The first-order chi connectivity index (χ1) is 27.4. The van der Waals surface area contributed by atoms with Crippen molar-refractivity contribution in [3.63, 3.8) is 0 Å². The van der Waals surface area contributed by atoms with Gasteiger partial charge in [0.25, 0.3) is 11.7 Å². The van der Waals surface area contributed by atoms with Crippen LogP contribution in [0.4, 0.5) is 0 Å². The van der Waals surface area contributed by atoms with Gasteiger partial charge in [0.15, 0.2) is 5.71 Å². The van der Waals surface area contributed by atoms with Crippen molar-refractivity contribution >= 4 is 29.2 Å². The van der Waals surface area contributed by atoms with Gasteiger partial charge < -0.3 is 54.1 Å². The predicted octanol–water partition coefficient (Wildman–Crippen LogP) is 3.46. The number of esters is 1. The molecule has 1 fully saturated rings. The second-order valence-electron chi connectivity index (χ2n) is 15.4. The summed E-state index contributed by atoms with van der Waals surface area (Å²) < 4.78 is 29.7. The van der Waals surface area contributed by atoms with Gasteiger partial charge in [-0.05, 0) is 19.9 Å². The molecular weight excluding hydrogens is 754 g/mol. The van der Waals surface area contributed by atoms with E-state index < -0.39 is 83.1 Å². The molecule has 4 heterocycles. The lowest BCUT2D eigenvalue weighted by Gasteiger charge is -2.38. The van der Waals surface area contributed by atoms with Crippen molar-refractivity contribution in [3.8, 4) is 11.5 Å². The van der Waals surface area contributed by atoms with E-state index in [1.165, 1.54) is 54.3 Å². The number of aromatic hydroxyl groups is 1. The summed E-state index contributed by atoms with van der Waals surface area (Å²) in [6, 6.07) is 0. The lowest BCUT2D eigenvalue weighted by atomic mass is 9.78. The number of carbonyl (C=O) groups is 4. The highest BCUT2D eigenvalue weighted by atomic mass is 16.7. The first kappa shape index (κ1) is 44.1. The number of aliphatic hydroxyl groups excluding tert-OH is 2. The van der Waals surface area contributed by atoms with Crippen LogP contribution in [-0.2, 0) is 33.4 Å². The lowest BCUT2D eigenvalue weighted by molar-refractivity contribution is -0.160. The lowest BCUT2D eigenvalue weighted by Crippen LogP contribution is -2.46. The third-order valence-electron chi connectivity index (χ3n) is 11.5. The number of carbonyl (C=O) groups excluding carboxylic acids is 4. The Morgan fingerprint density at radius 1 is 0.948 bits per heavy atom. The molecule has 0 aromatic heterocycles. The number of ketones is 2. The zero-order valence-corrected chi connectivity index (χ0v) is 34.7. The maximum Gasteiger partial charge on any atom is 0.302 e. The summed E-state index contributed by atoms with van der Waals surface area (Å²) in [7, 11) is 2.75. The quantitative estimate of drug-likeness (QED) is 0.254. The largest absolute Gasteiger partial charge is 0.507 e. The Bertz CT molecular complexity index is 1960. The molecule has 0 spiro atoms. The van der Waals surface area contributed by atoms with E-state index in [0.717, 1.165) is 0 Å². The maximum absolute atomic E-state index is 14.9. The summed E-state index contributed by atoms with van der Waals surface area (Å²) in [5, 5.41) is 41.4. The number of oxime groups is 1. The van der Waals surface area contributed by atoms with Crippen LogP contribution in [0.5, 0.6) is 11.5 Å². The number of benzene rings is 1. The molecule has 6 rings (SSSR count). The number of hydrogen-bond donors (Lipinski definition) is 4. The highest BCUT2D eigenvalue weighted by molar-refractivity contribution is 6.33. The second kappa shape index (κ2) is 17.9. The van der Waals surface area contributed by atoms with Crippen molar-refractivity contribution in [1.82, 2.24) is 10.2 Å². The predicted molar refractivity (Wildman–Crippen MR) is 210 cm³/mol. The number of phenols is 1. The first-order valence-corrected chi connectivity index (χ1v) is 19.3. The Labute approximate surface area is 338 Å². The fourth-order valence-corrected chi connectivity index (χ4v) is 8.00. The number of amides is 1. The molecule has 1 amide bonds. The Morgan fingerprint density at radius 3 is 2.24 bits per heavy atom. The van der Waals surface area contributed by atoms with Crippen LogP contribution in [-0.4, -0.2) is 120 Å². The van der Waals surface area contributed by atoms with Crippen molar-refractivity contribution in [2.45, 2.75) is 85.6 Å². The zero-order valence-electron chi connectivity index (χ0n) is 34.7. The molecule has 58 heavy (non-hydrogen) atoms. The van der Waals surface area contributed by atoms with Crippen LogP contribution < -0.4 is 10.1 Å². The van der Waals surface area contributed by atoms with Crippen LogP contribution in [0, 0.1) is 30.6 Å². The van der Waals surface area contributed by atoms with Crippen LogP contribution in [0.2, 0.25) is 0 Å². The number of nitrogens with zero attached hydrogens (tertiary/aromatic N) is 2. The third-order valence-corrected chi connectivity index (χ3v) is 11.5. The smallest absolute Gasteiger partial charge is 0.302 e. The van der Waals surface area contributed by atoms with E-state index >= 15 is 0 Å². The normalized spacial score (nSPS) is 31.8. The highest BCUT2D eigenvalue weighted by Gasteiger charge is 2.52. The number of rotatable bonds is 4. The van der Waals surface area contributed by atoms with Gasteiger partial charge in [-0.15, -0.1) is 0 Å². The number of nitrogens with one attached hydrogen (secondary N) is 1. The molecule has 4 aliphatic heterocycles. The minimum atomic E-state index is -1.80. The van der Waals surface area contributed by atoms with Crippen molar-refractivity contribution in [3.05, 3.63) is 69.8 Å². The van der Waals surface area contributed by atoms with E-state index in [0.29, 0.717) is 0 Å². The molecule has 5 bridgehead atoms. The van der Waals surface area contributed by atoms with E-state index in [4.69, 9.17) is 28.5 Å². The summed E-state index contributed by atoms with van der Waals surface area (Å²) in [5.74, 6) is -7.50. The number of phenolic OH excluding ortho intramolecular Hbond substituents is 1. The topological polar surface area (TPSA) is 212 Å². The van der Waals surface area contributed by atoms with E-state index in [9.17, 15) is 34.5 Å². The number of hydrogen-bond acceptors (Lipinski definition) is 15. The molecule has 9 atom stereocenters. The molecule has 316 valence electrons. The van der Waals surface area contributed by atoms with Gasteiger partial charge in [-0.25, -0.2) is 0 Å². The number of allylic oxidation sites excluding steroid dienone is 4. The zero-order chi connectivity index (χ0) is 42.8. The first-order valence-electron chi connectivity index (χ1n) is 19.3.